The van der Waals surface area contributed by atoms with Gasteiger partial charge in [0, 0.05) is 31.4 Å². The smallest absolute Gasteiger partial charge is 0.251 e. The topological polar surface area (TPSA) is 84.2 Å². The van der Waals surface area contributed by atoms with Gasteiger partial charge in [-0.1, -0.05) is 36.8 Å². The number of hydrogen-bond donors (Lipinski definition) is 2. The van der Waals surface area contributed by atoms with Gasteiger partial charge in [0.15, 0.2) is 0 Å². The Labute approximate surface area is 161 Å². The number of amides is 1. The zero-order valence-corrected chi connectivity index (χ0v) is 16.1. The molecule has 2 heterocycles. The largest absolute Gasteiger partial charge is 0.364 e. The molecule has 1 fully saturated rings. The zero-order chi connectivity index (χ0) is 19.1. The van der Waals surface area contributed by atoms with E-state index in [-0.39, 0.29) is 18.1 Å². The predicted molar refractivity (Wildman–Crippen MR) is 106 cm³/mol. The van der Waals surface area contributed by atoms with Gasteiger partial charge >= 0.3 is 0 Å². The number of unbranched alkanes of at least 4 members (excludes halogenated alkanes) is 2. The molecular weight excluding hydrogens is 340 g/mol. The van der Waals surface area contributed by atoms with Gasteiger partial charge in [0.1, 0.15) is 6.10 Å². The van der Waals surface area contributed by atoms with Crippen molar-refractivity contribution >= 4 is 5.91 Å². The third kappa shape index (κ3) is 5.40. The van der Waals surface area contributed by atoms with Crippen molar-refractivity contribution in [1.29, 1.82) is 0 Å². The van der Waals surface area contributed by atoms with Gasteiger partial charge in [0.05, 0.1) is 11.8 Å². The maximum absolute atomic E-state index is 12.4. The first-order valence-electron chi connectivity index (χ1n) is 9.87. The number of aromatic amines is 1. The number of H-pyrrole nitrogens is 1. The van der Waals surface area contributed by atoms with Crippen LogP contribution >= 0.6 is 0 Å². The van der Waals surface area contributed by atoms with E-state index in [1.165, 1.54) is 0 Å². The lowest BCUT2D eigenvalue weighted by Crippen LogP contribution is -2.37. The third-order valence-electron chi connectivity index (χ3n) is 5.16. The molecule has 0 unspecified atom stereocenters. The molecule has 1 saturated heterocycles. The van der Waals surface area contributed by atoms with Gasteiger partial charge in [-0.25, -0.2) is 0 Å². The standard InChI is InChI=1S/C21H30N4O2/c1-25(21(26)20-12-11-18(15-22)27-20)13-7-3-6-10-17-14-19(24-23-17)16-8-4-2-5-9-16/h2,4-5,8-9,14,18,20H,3,6-7,10-13,15,22H2,1H3,(H,23,24)/t18-,20+/m1/s1. The Hall–Kier alpha value is -2.18. The van der Waals surface area contributed by atoms with Crippen molar-refractivity contribution in [3.05, 3.63) is 42.1 Å². The van der Waals surface area contributed by atoms with Crippen LogP contribution in [0.3, 0.4) is 0 Å². The van der Waals surface area contributed by atoms with E-state index in [4.69, 9.17) is 10.5 Å². The highest BCUT2D eigenvalue weighted by molar-refractivity contribution is 5.80. The Morgan fingerprint density at radius 3 is 2.81 bits per heavy atom. The number of carbonyl (C=O) groups excluding carboxylic acids is 1. The summed E-state index contributed by atoms with van der Waals surface area (Å²) >= 11 is 0. The molecule has 1 aromatic heterocycles. The Kier molecular flexibility index (Phi) is 7.01. The minimum atomic E-state index is -0.301. The molecule has 0 radical (unpaired) electrons. The Bertz CT molecular complexity index is 716. The Morgan fingerprint density at radius 2 is 2.07 bits per heavy atom. The van der Waals surface area contributed by atoms with Gasteiger partial charge in [0.25, 0.3) is 5.91 Å². The normalized spacial score (nSPS) is 19.3. The fourth-order valence-electron chi connectivity index (χ4n) is 3.50. The molecule has 2 atom stereocenters. The number of nitrogens with zero attached hydrogens (tertiary/aromatic N) is 2. The van der Waals surface area contributed by atoms with E-state index in [0.29, 0.717) is 6.54 Å². The highest BCUT2D eigenvalue weighted by Crippen LogP contribution is 2.21. The van der Waals surface area contributed by atoms with Crippen molar-refractivity contribution in [3.63, 3.8) is 0 Å². The van der Waals surface area contributed by atoms with Gasteiger partial charge in [-0.05, 0) is 38.2 Å². The summed E-state index contributed by atoms with van der Waals surface area (Å²) in [5.41, 5.74) is 8.89. The van der Waals surface area contributed by atoms with E-state index in [2.05, 4.69) is 28.4 Å². The number of nitrogens with one attached hydrogen (secondary N) is 1. The first-order valence-corrected chi connectivity index (χ1v) is 9.87. The molecule has 146 valence electrons. The third-order valence-corrected chi connectivity index (χ3v) is 5.16. The first kappa shape index (κ1) is 19.6. The molecule has 0 spiro atoms. The minimum Gasteiger partial charge on any atom is -0.364 e. The number of carbonyl (C=O) groups is 1. The lowest BCUT2D eigenvalue weighted by Gasteiger charge is -2.21. The van der Waals surface area contributed by atoms with Crippen LogP contribution in [0.1, 0.15) is 37.8 Å². The number of benzene rings is 1. The summed E-state index contributed by atoms with van der Waals surface area (Å²) in [6.07, 6.45) is 5.54. The lowest BCUT2D eigenvalue weighted by atomic mass is 10.1. The van der Waals surface area contributed by atoms with Crippen LogP contribution in [-0.4, -0.2) is 53.3 Å². The molecule has 6 nitrogen and oxygen atoms in total. The van der Waals surface area contributed by atoms with Crippen LogP contribution in [0.25, 0.3) is 11.3 Å². The number of likely N-dealkylation sites (N-methyl/N-ethyl adjacent to an activating group) is 1. The second-order valence-electron chi connectivity index (χ2n) is 7.27. The SMILES string of the molecule is CN(CCCCCc1cc(-c2ccccc2)n[nH]1)C(=O)[C@@H]1CC[C@H](CN)O1. The van der Waals surface area contributed by atoms with Gasteiger partial charge < -0.3 is 15.4 Å². The number of aryl methyl sites for hydroxylation is 1. The van der Waals surface area contributed by atoms with E-state index in [9.17, 15) is 4.79 Å². The van der Waals surface area contributed by atoms with Gasteiger partial charge in [0.2, 0.25) is 0 Å². The van der Waals surface area contributed by atoms with Crippen molar-refractivity contribution in [2.24, 2.45) is 5.73 Å². The number of ether oxygens (including phenoxy) is 1. The summed E-state index contributed by atoms with van der Waals surface area (Å²) in [5.74, 6) is 0.0898. The molecule has 0 aliphatic carbocycles. The van der Waals surface area contributed by atoms with Crippen LogP contribution in [0.4, 0.5) is 0 Å². The summed E-state index contributed by atoms with van der Waals surface area (Å²) in [5, 5.41) is 7.52. The monoisotopic (exact) mass is 370 g/mol. The quantitative estimate of drug-likeness (QED) is 0.665. The van der Waals surface area contributed by atoms with Crippen molar-refractivity contribution in [1.82, 2.24) is 15.1 Å². The summed E-state index contributed by atoms with van der Waals surface area (Å²) in [7, 11) is 1.86. The van der Waals surface area contributed by atoms with Gasteiger partial charge in [-0.15, -0.1) is 0 Å². The van der Waals surface area contributed by atoms with Gasteiger partial charge in [-0.3, -0.25) is 9.89 Å². The Balaban J connectivity index is 1.34. The zero-order valence-electron chi connectivity index (χ0n) is 16.1. The molecule has 0 saturated carbocycles. The van der Waals surface area contributed by atoms with Crippen molar-refractivity contribution in [2.75, 3.05) is 20.1 Å². The minimum absolute atomic E-state index is 0.0440. The second kappa shape index (κ2) is 9.67. The molecule has 27 heavy (non-hydrogen) atoms. The van der Waals surface area contributed by atoms with Crippen LogP contribution in [0.2, 0.25) is 0 Å². The van der Waals surface area contributed by atoms with Crippen LogP contribution in [0.5, 0.6) is 0 Å². The summed E-state index contributed by atoms with van der Waals surface area (Å²) in [6.45, 7) is 1.26. The number of nitrogens with two attached hydrogens (primary N) is 1. The molecule has 2 aromatic rings. The fraction of sp³-hybridized carbons (Fsp3) is 0.524. The van der Waals surface area contributed by atoms with Gasteiger partial charge in [-0.2, -0.15) is 5.10 Å². The molecule has 0 bridgehead atoms. The van der Waals surface area contributed by atoms with Crippen LogP contribution < -0.4 is 5.73 Å². The summed E-state index contributed by atoms with van der Waals surface area (Å²) in [6, 6.07) is 12.3. The van der Waals surface area contributed by atoms with E-state index in [1.54, 1.807) is 4.90 Å². The molecule has 1 aliphatic heterocycles. The fourth-order valence-corrected chi connectivity index (χ4v) is 3.50. The van der Waals surface area contributed by atoms with E-state index >= 15 is 0 Å². The lowest BCUT2D eigenvalue weighted by molar-refractivity contribution is -0.141. The molecule has 1 amide bonds. The molecule has 1 aromatic carbocycles. The molecule has 3 N–H and O–H groups in total. The molecule has 6 heteroatoms. The summed E-state index contributed by atoms with van der Waals surface area (Å²) < 4.78 is 5.69. The highest BCUT2D eigenvalue weighted by Gasteiger charge is 2.31. The highest BCUT2D eigenvalue weighted by atomic mass is 16.5. The molecular formula is C21H30N4O2. The van der Waals surface area contributed by atoms with E-state index in [0.717, 1.165) is 62.0 Å². The average Bonchev–Trinajstić information content (AvgIpc) is 3.37. The number of aromatic nitrogens is 2. The predicted octanol–water partition coefficient (Wildman–Crippen LogP) is 2.75. The maximum Gasteiger partial charge on any atom is 0.251 e. The second-order valence-corrected chi connectivity index (χ2v) is 7.27. The van der Waals surface area contributed by atoms with Crippen LogP contribution in [0, 0.1) is 0 Å². The Morgan fingerprint density at radius 1 is 1.26 bits per heavy atom. The summed E-state index contributed by atoms with van der Waals surface area (Å²) in [4.78, 5) is 14.2. The number of hydrogen-bond acceptors (Lipinski definition) is 4. The first-order chi connectivity index (χ1) is 13.2. The van der Waals surface area contributed by atoms with Crippen molar-refractivity contribution in [3.8, 4) is 11.3 Å². The van der Waals surface area contributed by atoms with Crippen molar-refractivity contribution < 1.29 is 9.53 Å². The van der Waals surface area contributed by atoms with Crippen molar-refractivity contribution in [2.45, 2.75) is 50.7 Å². The van der Waals surface area contributed by atoms with E-state index < -0.39 is 0 Å². The van der Waals surface area contributed by atoms with Crippen LogP contribution in [0.15, 0.2) is 36.4 Å². The number of rotatable bonds is 9. The molecule has 1 aliphatic rings. The maximum atomic E-state index is 12.4. The average molecular weight is 370 g/mol. The van der Waals surface area contributed by atoms with Crippen LogP contribution in [-0.2, 0) is 16.0 Å². The molecule has 3 rings (SSSR count). The van der Waals surface area contributed by atoms with E-state index in [1.807, 2.05) is 25.2 Å².